The van der Waals surface area contributed by atoms with Gasteiger partial charge in [-0.1, -0.05) is 49.7 Å². The average Bonchev–Trinajstić information content (AvgIpc) is 3.14. The summed E-state index contributed by atoms with van der Waals surface area (Å²) in [6.45, 7) is 7.95. The molecular weight excluding hydrogens is 380 g/mol. The summed E-state index contributed by atoms with van der Waals surface area (Å²) in [7, 11) is 4.27. The van der Waals surface area contributed by atoms with E-state index in [1.807, 2.05) is 6.20 Å². The average molecular weight is 415 g/mol. The van der Waals surface area contributed by atoms with Crippen molar-refractivity contribution in [1.82, 2.24) is 14.9 Å². The zero-order valence-corrected chi connectivity index (χ0v) is 19.3. The molecule has 31 heavy (non-hydrogen) atoms. The number of rotatable bonds is 7. The fraction of sp³-hybridized carbons (Fsp3) is 0.333. The van der Waals surface area contributed by atoms with Crippen molar-refractivity contribution in [2.45, 2.75) is 39.5 Å². The molecule has 4 aromatic rings. The van der Waals surface area contributed by atoms with Crippen molar-refractivity contribution in [3.63, 3.8) is 0 Å². The van der Waals surface area contributed by atoms with Crippen molar-refractivity contribution in [1.29, 1.82) is 5.41 Å². The predicted octanol–water partition coefficient (Wildman–Crippen LogP) is 6.40. The van der Waals surface area contributed by atoms with E-state index in [0.717, 1.165) is 31.5 Å². The Morgan fingerprint density at radius 1 is 1.06 bits per heavy atom. The standard InChI is InChI=1S/C26H31N3.CH3N/c1-5-8-19-9-6-10-21(16-19)22-13-12-20(11-7-14-29(3)4)25-24(22)23-15-18(2)17-27-26(23)28-25;1-2/h6,9-10,12-13,15-17H,5,7-8,11,14H2,1-4H3,(H,27,28);2H,1H2. The molecule has 0 amide bonds. The molecule has 2 aromatic carbocycles. The van der Waals surface area contributed by atoms with Crippen molar-refractivity contribution >= 4 is 28.7 Å². The van der Waals surface area contributed by atoms with Gasteiger partial charge in [-0.2, -0.15) is 0 Å². The summed E-state index contributed by atoms with van der Waals surface area (Å²) in [5.41, 5.74) is 8.80. The number of nitrogens with zero attached hydrogens (tertiary/aromatic N) is 2. The van der Waals surface area contributed by atoms with E-state index >= 15 is 0 Å². The monoisotopic (exact) mass is 414 g/mol. The highest BCUT2D eigenvalue weighted by atomic mass is 15.0. The lowest BCUT2D eigenvalue weighted by atomic mass is 9.94. The molecule has 0 spiro atoms. The molecule has 2 heterocycles. The minimum atomic E-state index is 0.983. The minimum Gasteiger partial charge on any atom is -0.339 e. The zero-order chi connectivity index (χ0) is 22.4. The molecule has 0 atom stereocenters. The molecular formula is C27H34N4. The van der Waals surface area contributed by atoms with Crippen LogP contribution in [0.1, 0.15) is 36.5 Å². The topological polar surface area (TPSA) is 55.8 Å². The molecule has 0 aliphatic heterocycles. The van der Waals surface area contributed by atoms with Gasteiger partial charge in [-0.3, -0.25) is 0 Å². The normalized spacial score (nSPS) is 11.1. The van der Waals surface area contributed by atoms with Gasteiger partial charge in [0.2, 0.25) is 0 Å². The third-order valence-electron chi connectivity index (χ3n) is 5.66. The van der Waals surface area contributed by atoms with E-state index in [2.05, 4.69) is 92.0 Å². The molecule has 0 radical (unpaired) electrons. The Morgan fingerprint density at radius 2 is 1.87 bits per heavy atom. The number of aromatic amines is 1. The maximum Gasteiger partial charge on any atom is 0.138 e. The van der Waals surface area contributed by atoms with E-state index in [0.29, 0.717) is 0 Å². The predicted molar refractivity (Wildman–Crippen MR) is 134 cm³/mol. The minimum absolute atomic E-state index is 0.983. The Morgan fingerprint density at radius 3 is 2.61 bits per heavy atom. The molecule has 2 N–H and O–H groups in total. The van der Waals surface area contributed by atoms with Crippen LogP contribution in [0.4, 0.5) is 0 Å². The van der Waals surface area contributed by atoms with Crippen LogP contribution in [0, 0.1) is 12.3 Å². The van der Waals surface area contributed by atoms with Gasteiger partial charge in [0, 0.05) is 17.0 Å². The van der Waals surface area contributed by atoms with E-state index in [1.165, 1.54) is 50.5 Å². The van der Waals surface area contributed by atoms with Crippen LogP contribution in [-0.4, -0.2) is 42.2 Å². The molecule has 0 saturated carbocycles. The van der Waals surface area contributed by atoms with Crippen molar-refractivity contribution in [3.8, 4) is 11.1 Å². The highest BCUT2D eigenvalue weighted by Crippen LogP contribution is 2.37. The molecule has 0 bridgehead atoms. The Bertz CT molecular complexity index is 1160. The van der Waals surface area contributed by atoms with Gasteiger partial charge in [0.15, 0.2) is 0 Å². The van der Waals surface area contributed by atoms with Gasteiger partial charge in [-0.15, -0.1) is 0 Å². The van der Waals surface area contributed by atoms with Gasteiger partial charge in [-0.05, 0) is 87.4 Å². The second-order valence-electron chi connectivity index (χ2n) is 8.41. The Kier molecular flexibility index (Phi) is 7.59. The first-order chi connectivity index (χ1) is 15.1. The number of hydrogen-bond acceptors (Lipinski definition) is 3. The largest absolute Gasteiger partial charge is 0.339 e. The Labute approximate surface area is 185 Å². The summed E-state index contributed by atoms with van der Waals surface area (Å²) in [4.78, 5) is 10.6. The van der Waals surface area contributed by atoms with Crippen LogP contribution in [0.25, 0.3) is 33.1 Å². The van der Waals surface area contributed by atoms with Gasteiger partial charge in [0.25, 0.3) is 0 Å². The fourth-order valence-corrected chi connectivity index (χ4v) is 4.26. The van der Waals surface area contributed by atoms with Crippen molar-refractivity contribution in [2.75, 3.05) is 20.6 Å². The first-order valence-electron chi connectivity index (χ1n) is 11.1. The summed E-state index contributed by atoms with van der Waals surface area (Å²) in [5.74, 6) is 0. The molecule has 0 aliphatic carbocycles. The smallest absolute Gasteiger partial charge is 0.138 e. The SMILES string of the molecule is C=N.CCCc1cccc(-c2ccc(CCCN(C)C)c3[nH]c4ncc(C)cc4c23)c1. The third kappa shape index (κ3) is 5.02. The molecule has 0 unspecified atom stereocenters. The van der Waals surface area contributed by atoms with Crippen LogP contribution in [-0.2, 0) is 12.8 Å². The lowest BCUT2D eigenvalue weighted by molar-refractivity contribution is 0.400. The summed E-state index contributed by atoms with van der Waals surface area (Å²) in [5, 5.41) is 8.04. The van der Waals surface area contributed by atoms with E-state index < -0.39 is 0 Å². The summed E-state index contributed by atoms with van der Waals surface area (Å²) in [6, 6.07) is 15.9. The van der Waals surface area contributed by atoms with Crippen LogP contribution < -0.4 is 0 Å². The highest BCUT2D eigenvalue weighted by Gasteiger charge is 2.15. The van der Waals surface area contributed by atoms with Crippen LogP contribution >= 0.6 is 0 Å². The summed E-state index contributed by atoms with van der Waals surface area (Å²) in [6.07, 6.45) is 6.45. The Balaban J connectivity index is 0.00000132. The van der Waals surface area contributed by atoms with E-state index in [-0.39, 0.29) is 0 Å². The molecule has 4 rings (SSSR count). The maximum atomic E-state index is 5.50. The van der Waals surface area contributed by atoms with Crippen LogP contribution in [0.5, 0.6) is 0 Å². The summed E-state index contributed by atoms with van der Waals surface area (Å²) < 4.78 is 0. The molecule has 0 saturated heterocycles. The number of fused-ring (bicyclic) bond motifs is 3. The van der Waals surface area contributed by atoms with E-state index in [1.54, 1.807) is 0 Å². The highest BCUT2D eigenvalue weighted by molar-refractivity contribution is 6.14. The molecule has 2 aromatic heterocycles. The fourth-order valence-electron chi connectivity index (χ4n) is 4.26. The van der Waals surface area contributed by atoms with Crippen LogP contribution in [0.3, 0.4) is 0 Å². The first-order valence-corrected chi connectivity index (χ1v) is 11.1. The third-order valence-corrected chi connectivity index (χ3v) is 5.66. The van der Waals surface area contributed by atoms with Crippen molar-refractivity contribution < 1.29 is 0 Å². The number of hydrogen-bond donors (Lipinski definition) is 2. The number of aryl methyl sites for hydroxylation is 3. The lowest BCUT2D eigenvalue weighted by Crippen LogP contribution is -2.13. The van der Waals surface area contributed by atoms with Gasteiger partial charge in [0.1, 0.15) is 5.65 Å². The Hall–Kier alpha value is -2.98. The molecule has 0 fully saturated rings. The van der Waals surface area contributed by atoms with Crippen LogP contribution in [0.15, 0.2) is 48.7 Å². The van der Waals surface area contributed by atoms with Crippen molar-refractivity contribution in [2.24, 2.45) is 0 Å². The maximum absolute atomic E-state index is 5.50. The van der Waals surface area contributed by atoms with Crippen LogP contribution in [0.2, 0.25) is 0 Å². The first kappa shape index (κ1) is 22.7. The number of aromatic nitrogens is 2. The number of benzene rings is 2. The second-order valence-corrected chi connectivity index (χ2v) is 8.41. The zero-order valence-electron chi connectivity index (χ0n) is 19.3. The van der Waals surface area contributed by atoms with Gasteiger partial charge in [-0.25, -0.2) is 4.98 Å². The number of H-pyrrole nitrogens is 1. The quantitative estimate of drug-likeness (QED) is 0.344. The van der Waals surface area contributed by atoms with Gasteiger partial charge < -0.3 is 15.3 Å². The number of nitrogens with one attached hydrogen (secondary N) is 2. The summed E-state index contributed by atoms with van der Waals surface area (Å²) >= 11 is 0. The molecule has 4 nitrogen and oxygen atoms in total. The molecule has 4 heteroatoms. The van der Waals surface area contributed by atoms with Gasteiger partial charge >= 0.3 is 0 Å². The van der Waals surface area contributed by atoms with E-state index in [4.69, 9.17) is 5.41 Å². The second kappa shape index (κ2) is 10.4. The molecule has 0 aliphatic rings. The van der Waals surface area contributed by atoms with Crippen molar-refractivity contribution in [3.05, 3.63) is 65.4 Å². The molecule has 162 valence electrons. The lowest BCUT2D eigenvalue weighted by Gasteiger charge is -2.12. The van der Waals surface area contributed by atoms with Gasteiger partial charge in [0.05, 0.1) is 5.52 Å². The number of pyridine rings is 1. The van der Waals surface area contributed by atoms with E-state index in [9.17, 15) is 0 Å².